The molecule has 0 N–H and O–H groups in total. The fourth-order valence-corrected chi connectivity index (χ4v) is 3.93. The van der Waals surface area contributed by atoms with Crippen LogP contribution in [0.3, 0.4) is 0 Å². The highest BCUT2D eigenvalue weighted by atomic mass is 35.5. The van der Waals surface area contributed by atoms with Gasteiger partial charge in [-0.05, 0) is 25.8 Å². The van der Waals surface area contributed by atoms with Crippen molar-refractivity contribution in [2.75, 3.05) is 6.54 Å². The van der Waals surface area contributed by atoms with Crippen LogP contribution in [0.5, 0.6) is 0 Å². The molecule has 0 radical (unpaired) electrons. The van der Waals surface area contributed by atoms with E-state index in [1.807, 2.05) is 20.8 Å². The molecular weight excluding hydrogens is 284 g/mol. The van der Waals surface area contributed by atoms with Gasteiger partial charge in [0, 0.05) is 25.0 Å². The van der Waals surface area contributed by atoms with Crippen molar-refractivity contribution in [1.29, 1.82) is 0 Å². The number of hydrogen-bond acceptors (Lipinski definition) is 3. The second-order valence-corrected chi connectivity index (χ2v) is 6.80. The van der Waals surface area contributed by atoms with E-state index in [1.165, 1.54) is 22.8 Å². The Morgan fingerprint density at radius 2 is 2.11 bits per heavy atom. The van der Waals surface area contributed by atoms with Gasteiger partial charge in [-0.1, -0.05) is 31.9 Å². The molecule has 0 saturated heterocycles. The van der Waals surface area contributed by atoms with Crippen molar-refractivity contribution in [3.63, 3.8) is 0 Å². The third-order valence-electron chi connectivity index (χ3n) is 3.14. The van der Waals surface area contributed by atoms with Crippen molar-refractivity contribution >= 4 is 21.6 Å². The molecule has 1 aromatic heterocycles. The fraction of sp³-hybridized carbons (Fsp3) is 0.615. The summed E-state index contributed by atoms with van der Waals surface area (Å²) >= 11 is 5.99. The molecule has 1 atom stereocenters. The molecular formula is C13H21ClN2O2S. The first-order valence-corrected chi connectivity index (χ1v) is 8.38. The third kappa shape index (κ3) is 3.91. The molecule has 19 heavy (non-hydrogen) atoms. The van der Waals surface area contributed by atoms with Gasteiger partial charge in [-0.3, -0.25) is 4.98 Å². The lowest BCUT2D eigenvalue weighted by Gasteiger charge is -2.27. The summed E-state index contributed by atoms with van der Waals surface area (Å²) in [6, 6.07) is 1.45. The van der Waals surface area contributed by atoms with Gasteiger partial charge in [0.1, 0.15) is 4.90 Å². The number of pyridine rings is 1. The Hall–Kier alpha value is -0.650. The fourth-order valence-electron chi connectivity index (χ4n) is 1.77. The molecule has 0 bridgehead atoms. The molecule has 1 aromatic rings. The average molecular weight is 305 g/mol. The second-order valence-electron chi connectivity index (χ2n) is 4.53. The van der Waals surface area contributed by atoms with Crippen LogP contribution in [-0.2, 0) is 10.0 Å². The monoisotopic (exact) mass is 304 g/mol. The van der Waals surface area contributed by atoms with Gasteiger partial charge in [-0.15, -0.1) is 0 Å². The molecule has 0 aliphatic rings. The van der Waals surface area contributed by atoms with Gasteiger partial charge in [0.25, 0.3) is 0 Å². The van der Waals surface area contributed by atoms with Gasteiger partial charge in [-0.2, -0.15) is 4.31 Å². The van der Waals surface area contributed by atoms with Crippen LogP contribution in [0.1, 0.15) is 40.0 Å². The number of aromatic nitrogens is 1. The smallest absolute Gasteiger partial charge is 0.246 e. The predicted octanol–water partition coefficient (Wildman–Crippen LogP) is 3.32. The largest absolute Gasteiger partial charge is 0.263 e. The number of rotatable bonds is 7. The van der Waals surface area contributed by atoms with Crippen molar-refractivity contribution in [2.24, 2.45) is 0 Å². The Morgan fingerprint density at radius 3 is 2.63 bits per heavy atom. The lowest BCUT2D eigenvalue weighted by atomic mass is 10.2. The molecule has 0 aliphatic carbocycles. The molecule has 1 unspecified atom stereocenters. The summed E-state index contributed by atoms with van der Waals surface area (Å²) in [5.74, 6) is 0. The Bertz CT molecular complexity index is 505. The Morgan fingerprint density at radius 1 is 1.42 bits per heavy atom. The third-order valence-corrected chi connectivity index (χ3v) is 5.62. The van der Waals surface area contributed by atoms with Crippen LogP contribution in [0.4, 0.5) is 0 Å². The lowest BCUT2D eigenvalue weighted by molar-refractivity contribution is 0.324. The van der Waals surface area contributed by atoms with Crippen molar-refractivity contribution in [3.05, 3.63) is 23.5 Å². The zero-order valence-corrected chi connectivity index (χ0v) is 13.2. The first-order chi connectivity index (χ1) is 8.95. The normalized spacial score (nSPS) is 13.7. The SMILES string of the molecule is CCCCN(C(C)CC)S(=O)(=O)c1cnccc1Cl. The average Bonchev–Trinajstić information content (AvgIpc) is 2.38. The van der Waals surface area contributed by atoms with E-state index >= 15 is 0 Å². The molecule has 0 fully saturated rings. The van der Waals surface area contributed by atoms with Crippen molar-refractivity contribution < 1.29 is 8.42 Å². The second kappa shape index (κ2) is 7.22. The quantitative estimate of drug-likeness (QED) is 0.776. The molecule has 0 spiro atoms. The highest BCUT2D eigenvalue weighted by Crippen LogP contribution is 2.25. The number of nitrogens with zero attached hydrogens (tertiary/aromatic N) is 2. The molecule has 1 heterocycles. The highest BCUT2D eigenvalue weighted by Gasteiger charge is 2.29. The molecule has 0 aliphatic heterocycles. The minimum atomic E-state index is -3.58. The number of sulfonamides is 1. The molecule has 1 rings (SSSR count). The minimum Gasteiger partial charge on any atom is -0.263 e. The van der Waals surface area contributed by atoms with Crippen LogP contribution in [0.15, 0.2) is 23.4 Å². The highest BCUT2D eigenvalue weighted by molar-refractivity contribution is 7.89. The van der Waals surface area contributed by atoms with Gasteiger partial charge < -0.3 is 0 Å². The van der Waals surface area contributed by atoms with E-state index in [-0.39, 0.29) is 16.0 Å². The van der Waals surface area contributed by atoms with Crippen LogP contribution in [0.2, 0.25) is 5.02 Å². The predicted molar refractivity (Wildman–Crippen MR) is 77.8 cm³/mol. The minimum absolute atomic E-state index is 0.0483. The number of halogens is 1. The maximum absolute atomic E-state index is 12.7. The zero-order chi connectivity index (χ0) is 14.5. The summed E-state index contributed by atoms with van der Waals surface area (Å²) in [5.41, 5.74) is 0. The van der Waals surface area contributed by atoms with Crippen LogP contribution < -0.4 is 0 Å². The molecule has 4 nitrogen and oxygen atoms in total. The summed E-state index contributed by atoms with van der Waals surface area (Å²) in [5, 5.41) is 0.222. The number of hydrogen-bond donors (Lipinski definition) is 0. The Kier molecular flexibility index (Phi) is 6.23. The summed E-state index contributed by atoms with van der Waals surface area (Å²) in [6.07, 6.45) is 5.35. The van der Waals surface area contributed by atoms with E-state index < -0.39 is 10.0 Å². The summed E-state index contributed by atoms with van der Waals surface area (Å²) < 4.78 is 26.8. The maximum atomic E-state index is 12.7. The van der Waals surface area contributed by atoms with Crippen molar-refractivity contribution in [1.82, 2.24) is 9.29 Å². The van der Waals surface area contributed by atoms with Gasteiger partial charge in [0.2, 0.25) is 10.0 Å². The van der Waals surface area contributed by atoms with Crippen LogP contribution in [-0.4, -0.2) is 30.3 Å². The van der Waals surface area contributed by atoms with E-state index in [1.54, 1.807) is 0 Å². The maximum Gasteiger partial charge on any atom is 0.246 e. The Labute approximate surface area is 120 Å². The van der Waals surface area contributed by atoms with Crippen molar-refractivity contribution in [2.45, 2.75) is 51.0 Å². The van der Waals surface area contributed by atoms with E-state index in [4.69, 9.17) is 11.6 Å². The van der Waals surface area contributed by atoms with E-state index in [2.05, 4.69) is 4.98 Å². The van der Waals surface area contributed by atoms with Gasteiger partial charge in [0.05, 0.1) is 5.02 Å². The lowest BCUT2D eigenvalue weighted by Crippen LogP contribution is -2.39. The first kappa shape index (κ1) is 16.4. The first-order valence-electron chi connectivity index (χ1n) is 6.56. The zero-order valence-electron chi connectivity index (χ0n) is 11.6. The summed E-state index contributed by atoms with van der Waals surface area (Å²) in [6.45, 7) is 6.44. The van der Waals surface area contributed by atoms with Crippen LogP contribution in [0.25, 0.3) is 0 Å². The molecule has 6 heteroatoms. The van der Waals surface area contributed by atoms with Gasteiger partial charge in [-0.25, -0.2) is 8.42 Å². The van der Waals surface area contributed by atoms with E-state index in [0.29, 0.717) is 6.54 Å². The molecule has 108 valence electrons. The van der Waals surface area contributed by atoms with Crippen LogP contribution in [0, 0.1) is 0 Å². The van der Waals surface area contributed by atoms with Gasteiger partial charge in [0.15, 0.2) is 0 Å². The van der Waals surface area contributed by atoms with Crippen LogP contribution >= 0.6 is 11.6 Å². The van der Waals surface area contributed by atoms with E-state index in [0.717, 1.165) is 19.3 Å². The molecule has 0 aromatic carbocycles. The summed E-state index contributed by atoms with van der Waals surface area (Å²) in [7, 11) is -3.58. The Balaban J connectivity index is 3.16. The van der Waals surface area contributed by atoms with E-state index in [9.17, 15) is 8.42 Å². The molecule has 0 amide bonds. The standard InChI is InChI=1S/C13H21ClN2O2S/c1-4-6-9-16(11(3)5-2)19(17,18)13-10-15-8-7-12(13)14/h7-8,10-11H,4-6,9H2,1-3H3. The van der Waals surface area contributed by atoms with Gasteiger partial charge >= 0.3 is 0 Å². The molecule has 0 saturated carbocycles. The van der Waals surface area contributed by atoms with Crippen molar-refractivity contribution in [3.8, 4) is 0 Å². The summed E-state index contributed by atoms with van der Waals surface area (Å²) in [4.78, 5) is 3.96. The number of unbranched alkanes of at least 4 members (excludes halogenated alkanes) is 1. The topological polar surface area (TPSA) is 50.3 Å².